The van der Waals surface area contributed by atoms with Crippen LogP contribution in [0.25, 0.3) is 0 Å². The fourth-order valence-electron chi connectivity index (χ4n) is 1.36. The van der Waals surface area contributed by atoms with E-state index in [2.05, 4.69) is 0 Å². The average Bonchev–Trinajstić information content (AvgIpc) is 2.17. The third kappa shape index (κ3) is 2.48. The van der Waals surface area contributed by atoms with E-state index in [4.69, 9.17) is 16.3 Å². The second-order valence-corrected chi connectivity index (χ2v) is 3.63. The van der Waals surface area contributed by atoms with Crippen LogP contribution < -0.4 is 4.74 Å². The average molecular weight is 213 g/mol. The molecule has 0 heterocycles. The molecule has 76 valence electrons. The van der Waals surface area contributed by atoms with Gasteiger partial charge in [0.05, 0.1) is 7.11 Å². The third-order valence-corrected chi connectivity index (χ3v) is 2.41. The van der Waals surface area contributed by atoms with Crippen molar-refractivity contribution in [2.75, 3.05) is 7.11 Å². The molecule has 0 aliphatic rings. The Morgan fingerprint density at radius 1 is 1.57 bits per heavy atom. The van der Waals surface area contributed by atoms with E-state index in [1.807, 2.05) is 13.0 Å². The van der Waals surface area contributed by atoms with Gasteiger partial charge in [0.25, 0.3) is 0 Å². The molecule has 0 saturated carbocycles. The molecule has 1 unspecified atom stereocenters. The van der Waals surface area contributed by atoms with Crippen molar-refractivity contribution in [1.82, 2.24) is 0 Å². The molecule has 14 heavy (non-hydrogen) atoms. The van der Waals surface area contributed by atoms with Crippen LogP contribution in [0.15, 0.2) is 18.2 Å². The van der Waals surface area contributed by atoms with Gasteiger partial charge in [0, 0.05) is 11.4 Å². The maximum Gasteiger partial charge on any atom is 0.123 e. The fraction of sp³-hybridized carbons (Fsp3) is 0.364. The summed E-state index contributed by atoms with van der Waals surface area (Å²) < 4.78 is 5.19. The van der Waals surface area contributed by atoms with Gasteiger partial charge in [-0.05, 0) is 23.6 Å². The first kappa shape index (κ1) is 11.1. The van der Waals surface area contributed by atoms with Gasteiger partial charge in [0.2, 0.25) is 0 Å². The number of halogens is 1. The lowest BCUT2D eigenvalue weighted by Crippen LogP contribution is -1.98. The van der Waals surface area contributed by atoms with Gasteiger partial charge in [0.15, 0.2) is 0 Å². The number of methoxy groups -OCH3 is 1. The third-order valence-electron chi connectivity index (χ3n) is 2.18. The molecule has 0 fully saturated rings. The minimum absolute atomic E-state index is 0.166. The number of carbonyl (C=O) groups excluding carboxylic acids is 1. The van der Waals surface area contributed by atoms with E-state index in [0.29, 0.717) is 11.4 Å². The molecule has 0 amide bonds. The lowest BCUT2D eigenvalue weighted by atomic mass is 9.97. The summed E-state index contributed by atoms with van der Waals surface area (Å²) in [5.41, 5.74) is 1.02. The van der Waals surface area contributed by atoms with Gasteiger partial charge in [-0.3, -0.25) is 0 Å². The summed E-state index contributed by atoms with van der Waals surface area (Å²) in [7, 11) is 1.60. The van der Waals surface area contributed by atoms with Gasteiger partial charge in [-0.15, -0.1) is 0 Å². The SMILES string of the molecule is COc1cc(Cl)ccc1C(C)CC=O. The van der Waals surface area contributed by atoms with Gasteiger partial charge < -0.3 is 9.53 Å². The summed E-state index contributed by atoms with van der Waals surface area (Å²) >= 11 is 5.83. The van der Waals surface area contributed by atoms with E-state index < -0.39 is 0 Å². The van der Waals surface area contributed by atoms with Gasteiger partial charge in [-0.25, -0.2) is 0 Å². The Kier molecular flexibility index (Phi) is 3.96. The summed E-state index contributed by atoms with van der Waals surface area (Å²) in [4.78, 5) is 10.4. The second-order valence-electron chi connectivity index (χ2n) is 3.19. The maximum absolute atomic E-state index is 10.4. The Morgan fingerprint density at radius 3 is 2.86 bits per heavy atom. The molecule has 3 heteroatoms. The van der Waals surface area contributed by atoms with Crippen LogP contribution in [0, 0.1) is 0 Å². The highest BCUT2D eigenvalue weighted by Gasteiger charge is 2.10. The standard InChI is InChI=1S/C11H13ClO2/c1-8(5-6-13)10-4-3-9(12)7-11(10)14-2/h3-4,6-8H,5H2,1-2H3. The normalized spacial score (nSPS) is 12.2. The zero-order valence-corrected chi connectivity index (χ0v) is 9.04. The molecular weight excluding hydrogens is 200 g/mol. The monoisotopic (exact) mass is 212 g/mol. The van der Waals surface area contributed by atoms with Crippen molar-refractivity contribution >= 4 is 17.9 Å². The summed E-state index contributed by atoms with van der Waals surface area (Å²) in [6.45, 7) is 1.99. The Morgan fingerprint density at radius 2 is 2.29 bits per heavy atom. The summed E-state index contributed by atoms with van der Waals surface area (Å²) in [5, 5.41) is 0.643. The lowest BCUT2D eigenvalue weighted by Gasteiger charge is -2.13. The van der Waals surface area contributed by atoms with Crippen molar-refractivity contribution in [1.29, 1.82) is 0 Å². The minimum Gasteiger partial charge on any atom is -0.496 e. The van der Waals surface area contributed by atoms with Crippen LogP contribution in [0.2, 0.25) is 5.02 Å². The molecule has 0 aromatic heterocycles. The largest absolute Gasteiger partial charge is 0.496 e. The number of hydrogen-bond acceptors (Lipinski definition) is 2. The first-order valence-corrected chi connectivity index (χ1v) is 4.84. The highest BCUT2D eigenvalue weighted by molar-refractivity contribution is 6.30. The molecule has 2 nitrogen and oxygen atoms in total. The Hall–Kier alpha value is -1.02. The zero-order chi connectivity index (χ0) is 10.6. The van der Waals surface area contributed by atoms with E-state index in [9.17, 15) is 4.79 Å². The first-order chi connectivity index (χ1) is 6.69. The molecule has 1 aromatic carbocycles. The lowest BCUT2D eigenvalue weighted by molar-refractivity contribution is -0.108. The van der Waals surface area contributed by atoms with Crippen LogP contribution in [0.1, 0.15) is 24.8 Å². The van der Waals surface area contributed by atoms with Crippen LogP contribution in [0.5, 0.6) is 5.75 Å². The molecule has 0 saturated heterocycles. The van der Waals surface area contributed by atoms with Crippen molar-refractivity contribution in [3.63, 3.8) is 0 Å². The quantitative estimate of drug-likeness (QED) is 0.718. The molecule has 1 rings (SSSR count). The number of benzene rings is 1. The summed E-state index contributed by atoms with van der Waals surface area (Å²) in [6.07, 6.45) is 1.41. The molecule has 1 atom stereocenters. The van der Waals surface area contributed by atoms with Gasteiger partial charge in [-0.1, -0.05) is 24.6 Å². The topological polar surface area (TPSA) is 26.3 Å². The molecule has 0 aliphatic heterocycles. The van der Waals surface area contributed by atoms with Crippen LogP contribution >= 0.6 is 11.6 Å². The zero-order valence-electron chi connectivity index (χ0n) is 8.29. The van der Waals surface area contributed by atoms with Gasteiger partial charge >= 0.3 is 0 Å². The van der Waals surface area contributed by atoms with E-state index in [1.54, 1.807) is 19.2 Å². The Bertz CT molecular complexity index is 323. The molecule has 0 aliphatic carbocycles. The molecule has 0 spiro atoms. The molecular formula is C11H13ClO2. The maximum atomic E-state index is 10.4. The van der Waals surface area contributed by atoms with E-state index in [1.165, 1.54) is 0 Å². The van der Waals surface area contributed by atoms with Crippen molar-refractivity contribution < 1.29 is 9.53 Å². The summed E-state index contributed by atoms with van der Waals surface area (Å²) in [5.74, 6) is 0.909. The predicted octanol–water partition coefficient (Wildman–Crippen LogP) is 3.04. The minimum atomic E-state index is 0.166. The molecule has 1 aromatic rings. The summed E-state index contributed by atoms with van der Waals surface area (Å²) in [6, 6.07) is 5.47. The molecule has 0 bridgehead atoms. The Labute approximate surface area is 88.8 Å². The second kappa shape index (κ2) is 5.01. The number of aldehydes is 1. The highest BCUT2D eigenvalue weighted by atomic mass is 35.5. The van der Waals surface area contributed by atoms with Crippen molar-refractivity contribution in [2.45, 2.75) is 19.3 Å². The smallest absolute Gasteiger partial charge is 0.123 e. The van der Waals surface area contributed by atoms with Crippen molar-refractivity contribution in [3.8, 4) is 5.75 Å². The fourth-order valence-corrected chi connectivity index (χ4v) is 1.53. The number of ether oxygens (including phenoxy) is 1. The van der Waals surface area contributed by atoms with Crippen molar-refractivity contribution in [2.24, 2.45) is 0 Å². The van der Waals surface area contributed by atoms with Crippen LogP contribution in [0.3, 0.4) is 0 Å². The van der Waals surface area contributed by atoms with Crippen LogP contribution in [-0.4, -0.2) is 13.4 Å². The van der Waals surface area contributed by atoms with E-state index in [0.717, 1.165) is 17.6 Å². The van der Waals surface area contributed by atoms with Crippen LogP contribution in [-0.2, 0) is 4.79 Å². The number of carbonyl (C=O) groups is 1. The van der Waals surface area contributed by atoms with Crippen LogP contribution in [0.4, 0.5) is 0 Å². The van der Waals surface area contributed by atoms with Crippen molar-refractivity contribution in [3.05, 3.63) is 28.8 Å². The molecule has 0 N–H and O–H groups in total. The highest BCUT2D eigenvalue weighted by Crippen LogP contribution is 2.30. The first-order valence-electron chi connectivity index (χ1n) is 4.46. The molecule has 0 radical (unpaired) electrons. The number of hydrogen-bond donors (Lipinski definition) is 0. The van der Waals surface area contributed by atoms with E-state index >= 15 is 0 Å². The van der Waals surface area contributed by atoms with E-state index in [-0.39, 0.29) is 5.92 Å². The van der Waals surface area contributed by atoms with Gasteiger partial charge in [0.1, 0.15) is 12.0 Å². The Balaban J connectivity index is 3.00. The number of rotatable bonds is 4. The van der Waals surface area contributed by atoms with Gasteiger partial charge in [-0.2, -0.15) is 0 Å². The predicted molar refractivity (Wildman–Crippen MR) is 57.1 cm³/mol.